The SMILES string of the molecule is [CH2-]CCCCC[C@H]1[B]C[C@@H](O)[C@@H]1COc1ccccc1.[Y]. The summed E-state index contributed by atoms with van der Waals surface area (Å²) in [5.74, 6) is 1.64. The molecule has 0 aliphatic carbocycles. The Hall–Kier alpha value is 0.149. The summed E-state index contributed by atoms with van der Waals surface area (Å²) >= 11 is 0. The molecule has 2 radical (unpaired) electrons. The summed E-state index contributed by atoms with van der Waals surface area (Å²) < 4.78 is 5.83. The van der Waals surface area contributed by atoms with E-state index in [1.807, 2.05) is 30.3 Å². The van der Waals surface area contributed by atoms with Gasteiger partial charge in [-0.05, 0) is 12.1 Å². The molecule has 1 aliphatic rings. The van der Waals surface area contributed by atoms with Crippen molar-refractivity contribution in [2.24, 2.45) is 5.92 Å². The summed E-state index contributed by atoms with van der Waals surface area (Å²) in [6.45, 7) is 4.49. The summed E-state index contributed by atoms with van der Waals surface area (Å²) in [6.07, 6.45) is 6.44. The normalized spacial score (nSPS) is 24.2. The van der Waals surface area contributed by atoms with Gasteiger partial charge >= 0.3 is 0 Å². The van der Waals surface area contributed by atoms with Gasteiger partial charge in [0.15, 0.2) is 0 Å². The average molecular weight is 361 g/mol. The van der Waals surface area contributed by atoms with Crippen LogP contribution in [0.1, 0.15) is 32.1 Å². The number of aliphatic hydroxyl groups excluding tert-OH is 1. The molecule has 1 aromatic rings. The number of unbranched alkanes of at least 4 members (excludes halogenated alkanes) is 3. The average Bonchev–Trinajstić information content (AvgIpc) is 2.83. The monoisotopic (exact) mass is 361 g/mol. The van der Waals surface area contributed by atoms with Crippen molar-refractivity contribution in [3.8, 4) is 5.75 Å². The summed E-state index contributed by atoms with van der Waals surface area (Å²) in [5.41, 5.74) is 0. The molecular weight excluding hydrogens is 336 g/mol. The number of aliphatic hydroxyl groups is 1. The fraction of sp³-hybridized carbons (Fsp3) is 0.588. The van der Waals surface area contributed by atoms with Gasteiger partial charge in [-0.1, -0.05) is 56.0 Å². The molecule has 0 spiro atoms. The van der Waals surface area contributed by atoms with E-state index in [0.717, 1.165) is 18.5 Å². The Kier molecular flexibility index (Phi) is 9.88. The third kappa shape index (κ3) is 6.42. The summed E-state index contributed by atoms with van der Waals surface area (Å²) in [5, 5.41) is 10.1. The second kappa shape index (κ2) is 10.8. The van der Waals surface area contributed by atoms with Gasteiger partial charge in [-0.25, -0.2) is 0 Å². The van der Waals surface area contributed by atoms with Crippen molar-refractivity contribution in [2.45, 2.75) is 50.3 Å². The first-order chi connectivity index (χ1) is 9.81. The summed E-state index contributed by atoms with van der Waals surface area (Å²) in [6, 6.07) is 9.87. The minimum atomic E-state index is -0.239. The van der Waals surface area contributed by atoms with Gasteiger partial charge in [0.1, 0.15) is 13.0 Å². The van der Waals surface area contributed by atoms with Crippen LogP contribution in [-0.2, 0) is 32.7 Å². The number of hydrogen-bond donors (Lipinski definition) is 1. The van der Waals surface area contributed by atoms with Gasteiger partial charge in [0.05, 0.1) is 12.7 Å². The van der Waals surface area contributed by atoms with Gasteiger partial charge in [0, 0.05) is 38.6 Å². The largest absolute Gasteiger partial charge is 0.493 e. The van der Waals surface area contributed by atoms with E-state index in [4.69, 9.17) is 4.74 Å². The molecule has 0 saturated carbocycles. The Labute approximate surface area is 155 Å². The molecule has 4 heteroatoms. The van der Waals surface area contributed by atoms with Crippen molar-refractivity contribution in [3.63, 3.8) is 0 Å². The Morgan fingerprint density at radius 3 is 2.67 bits per heavy atom. The van der Waals surface area contributed by atoms with Crippen LogP contribution >= 0.6 is 0 Å². The molecule has 0 aromatic heterocycles. The van der Waals surface area contributed by atoms with Crippen molar-refractivity contribution in [2.75, 3.05) is 6.61 Å². The first kappa shape index (κ1) is 19.2. The Bertz CT molecular complexity index is 374. The molecule has 0 amide bonds. The second-order valence-corrected chi connectivity index (χ2v) is 5.69. The number of para-hydroxylation sites is 1. The van der Waals surface area contributed by atoms with Gasteiger partial charge in [0.25, 0.3) is 0 Å². The molecule has 1 fully saturated rings. The molecule has 2 rings (SSSR count). The molecule has 1 heterocycles. The predicted octanol–water partition coefficient (Wildman–Crippen LogP) is 3.75. The van der Waals surface area contributed by atoms with Crippen LogP contribution in [0.4, 0.5) is 0 Å². The fourth-order valence-electron chi connectivity index (χ4n) is 2.96. The maximum atomic E-state index is 10.1. The quantitative estimate of drug-likeness (QED) is 0.434. The topological polar surface area (TPSA) is 29.5 Å². The fourth-order valence-corrected chi connectivity index (χ4v) is 2.96. The van der Waals surface area contributed by atoms with Gasteiger partial charge in [-0.2, -0.15) is 6.42 Å². The molecule has 1 N–H and O–H groups in total. The van der Waals surface area contributed by atoms with Crippen LogP contribution in [0.25, 0.3) is 0 Å². The second-order valence-electron chi connectivity index (χ2n) is 5.69. The zero-order chi connectivity index (χ0) is 14.2. The zero-order valence-corrected chi connectivity index (χ0v) is 15.6. The smallest absolute Gasteiger partial charge is 0.119 e. The van der Waals surface area contributed by atoms with E-state index < -0.39 is 0 Å². The molecule has 0 unspecified atom stereocenters. The molecule has 1 saturated heterocycles. The molecule has 112 valence electrons. The zero-order valence-electron chi connectivity index (χ0n) is 12.8. The van der Waals surface area contributed by atoms with E-state index >= 15 is 0 Å². The van der Waals surface area contributed by atoms with Crippen LogP contribution in [0, 0.1) is 12.8 Å². The van der Waals surface area contributed by atoms with Crippen LogP contribution in [0.3, 0.4) is 0 Å². The van der Waals surface area contributed by atoms with Crippen molar-refractivity contribution in [1.29, 1.82) is 0 Å². The third-order valence-electron chi connectivity index (χ3n) is 4.20. The van der Waals surface area contributed by atoms with Crippen molar-refractivity contribution >= 4 is 7.28 Å². The van der Waals surface area contributed by atoms with Gasteiger partial charge in [0.2, 0.25) is 0 Å². The summed E-state index contributed by atoms with van der Waals surface area (Å²) in [7, 11) is 2.29. The number of benzene rings is 1. The molecule has 0 bridgehead atoms. The van der Waals surface area contributed by atoms with Crippen LogP contribution in [-0.4, -0.2) is 25.1 Å². The van der Waals surface area contributed by atoms with Gasteiger partial charge in [-0.15, -0.1) is 0 Å². The molecular formula is C17H25BO2Y-. The van der Waals surface area contributed by atoms with Crippen LogP contribution in [0.2, 0.25) is 12.1 Å². The summed E-state index contributed by atoms with van der Waals surface area (Å²) in [4.78, 5) is 0. The Morgan fingerprint density at radius 2 is 1.95 bits per heavy atom. The van der Waals surface area contributed by atoms with Crippen LogP contribution in [0.5, 0.6) is 5.75 Å². The molecule has 2 nitrogen and oxygen atoms in total. The van der Waals surface area contributed by atoms with Gasteiger partial charge < -0.3 is 16.8 Å². The number of hydrogen-bond acceptors (Lipinski definition) is 2. The predicted molar refractivity (Wildman–Crippen MR) is 84.2 cm³/mol. The standard InChI is InChI=1S/C17H25BO2.Y/c1-2-3-4-8-11-16-15(17(19)12-18-16)13-20-14-9-6-5-7-10-14;/h5-7,9-10,15-17,19H,1-4,8,11-13H2;/q-1;/t15-,16-,17-;/m1./s1. The van der Waals surface area contributed by atoms with E-state index in [1.165, 1.54) is 25.7 Å². The first-order valence-electron chi connectivity index (χ1n) is 7.79. The van der Waals surface area contributed by atoms with E-state index in [9.17, 15) is 5.11 Å². The number of rotatable bonds is 8. The van der Waals surface area contributed by atoms with E-state index in [2.05, 4.69) is 14.2 Å². The van der Waals surface area contributed by atoms with E-state index in [0.29, 0.717) is 12.4 Å². The van der Waals surface area contributed by atoms with Crippen molar-refractivity contribution < 1.29 is 42.6 Å². The Morgan fingerprint density at radius 1 is 1.19 bits per heavy atom. The molecule has 1 aromatic carbocycles. The van der Waals surface area contributed by atoms with Gasteiger partial charge in [-0.3, -0.25) is 0 Å². The molecule has 21 heavy (non-hydrogen) atoms. The third-order valence-corrected chi connectivity index (χ3v) is 4.20. The molecule has 3 atom stereocenters. The first-order valence-corrected chi connectivity index (χ1v) is 7.79. The minimum Gasteiger partial charge on any atom is -0.493 e. The van der Waals surface area contributed by atoms with Crippen molar-refractivity contribution in [3.05, 3.63) is 37.3 Å². The van der Waals surface area contributed by atoms with E-state index in [-0.39, 0.29) is 44.7 Å². The van der Waals surface area contributed by atoms with Crippen LogP contribution in [0.15, 0.2) is 30.3 Å². The Balaban J connectivity index is 0.00000220. The maximum absolute atomic E-state index is 10.1. The maximum Gasteiger partial charge on any atom is 0.119 e. The van der Waals surface area contributed by atoms with E-state index in [1.54, 1.807) is 0 Å². The van der Waals surface area contributed by atoms with Crippen LogP contribution < -0.4 is 4.74 Å². The minimum absolute atomic E-state index is 0. The molecule has 1 aliphatic heterocycles. The van der Waals surface area contributed by atoms with Crippen molar-refractivity contribution in [1.82, 2.24) is 0 Å². The number of ether oxygens (including phenoxy) is 1.